The molecule has 0 saturated carbocycles. The van der Waals surface area contributed by atoms with Gasteiger partial charge in [-0.15, -0.1) is 0 Å². The molecule has 0 aliphatic rings. The van der Waals surface area contributed by atoms with Crippen LogP contribution in [-0.2, 0) is 0 Å². The predicted octanol–water partition coefficient (Wildman–Crippen LogP) is 4.19. The standard InChI is InChI=1S/C21H24N2/c1-23(2)15-20(21(22)17-9-4-3-5-10-17)19-13-12-16-8-6-7-11-18(16)14-19/h3-14,20-21H,15,22H2,1-2H3. The van der Waals surface area contributed by atoms with Crippen molar-refractivity contribution in [1.82, 2.24) is 4.90 Å². The molecule has 0 spiro atoms. The first-order valence-electron chi connectivity index (χ1n) is 8.09. The number of nitrogens with zero attached hydrogens (tertiary/aromatic N) is 1. The van der Waals surface area contributed by atoms with E-state index in [2.05, 4.69) is 85.7 Å². The highest BCUT2D eigenvalue weighted by Crippen LogP contribution is 2.31. The molecule has 0 bridgehead atoms. The normalized spacial score (nSPS) is 14.1. The minimum absolute atomic E-state index is 0.0141. The van der Waals surface area contributed by atoms with Crippen LogP contribution >= 0.6 is 0 Å². The van der Waals surface area contributed by atoms with E-state index in [9.17, 15) is 0 Å². The Bertz CT molecular complexity index is 765. The molecule has 0 saturated heterocycles. The van der Waals surface area contributed by atoms with E-state index in [1.165, 1.54) is 21.9 Å². The highest BCUT2D eigenvalue weighted by atomic mass is 15.1. The molecular weight excluding hydrogens is 280 g/mol. The van der Waals surface area contributed by atoms with Crippen LogP contribution in [0.5, 0.6) is 0 Å². The number of hydrogen-bond acceptors (Lipinski definition) is 2. The molecule has 23 heavy (non-hydrogen) atoms. The quantitative estimate of drug-likeness (QED) is 0.766. The average molecular weight is 304 g/mol. The van der Waals surface area contributed by atoms with Gasteiger partial charge in [-0.05, 0) is 36.0 Å². The first kappa shape index (κ1) is 15.7. The molecule has 0 radical (unpaired) electrons. The minimum Gasteiger partial charge on any atom is -0.323 e. The monoisotopic (exact) mass is 304 g/mol. The lowest BCUT2D eigenvalue weighted by atomic mass is 9.86. The second kappa shape index (κ2) is 6.95. The van der Waals surface area contributed by atoms with Gasteiger partial charge in [0.25, 0.3) is 0 Å². The smallest absolute Gasteiger partial charge is 0.0376 e. The van der Waals surface area contributed by atoms with E-state index in [0.29, 0.717) is 0 Å². The van der Waals surface area contributed by atoms with Crippen LogP contribution in [0.25, 0.3) is 10.8 Å². The van der Waals surface area contributed by atoms with Crippen molar-refractivity contribution in [2.75, 3.05) is 20.6 Å². The molecule has 3 aromatic rings. The van der Waals surface area contributed by atoms with Gasteiger partial charge in [0.15, 0.2) is 0 Å². The van der Waals surface area contributed by atoms with Crippen molar-refractivity contribution < 1.29 is 0 Å². The third-order valence-corrected chi connectivity index (χ3v) is 4.38. The van der Waals surface area contributed by atoms with Crippen LogP contribution in [0.2, 0.25) is 0 Å². The van der Waals surface area contributed by atoms with Crippen LogP contribution in [0.4, 0.5) is 0 Å². The van der Waals surface area contributed by atoms with Gasteiger partial charge in [0.05, 0.1) is 0 Å². The Morgan fingerprint density at radius 1 is 0.783 bits per heavy atom. The lowest BCUT2D eigenvalue weighted by Crippen LogP contribution is -2.29. The van der Waals surface area contributed by atoms with Gasteiger partial charge in [-0.1, -0.05) is 72.8 Å². The molecule has 2 nitrogen and oxygen atoms in total. The molecule has 3 rings (SSSR count). The Kier molecular flexibility index (Phi) is 4.75. The van der Waals surface area contributed by atoms with Crippen molar-refractivity contribution in [2.45, 2.75) is 12.0 Å². The van der Waals surface area contributed by atoms with E-state index >= 15 is 0 Å². The second-order valence-corrected chi connectivity index (χ2v) is 6.41. The first-order valence-corrected chi connectivity index (χ1v) is 8.09. The van der Waals surface area contributed by atoms with Crippen molar-refractivity contribution in [3.05, 3.63) is 83.9 Å². The summed E-state index contributed by atoms with van der Waals surface area (Å²) in [6.45, 7) is 0.925. The van der Waals surface area contributed by atoms with Gasteiger partial charge in [0.1, 0.15) is 0 Å². The van der Waals surface area contributed by atoms with E-state index in [1.807, 2.05) is 6.07 Å². The summed E-state index contributed by atoms with van der Waals surface area (Å²) < 4.78 is 0. The maximum Gasteiger partial charge on any atom is 0.0376 e. The SMILES string of the molecule is CN(C)CC(c1ccc2ccccc2c1)C(N)c1ccccc1. The number of likely N-dealkylation sites (N-methyl/N-ethyl adjacent to an activating group) is 1. The zero-order chi connectivity index (χ0) is 16.2. The van der Waals surface area contributed by atoms with Crippen LogP contribution in [-0.4, -0.2) is 25.5 Å². The largest absolute Gasteiger partial charge is 0.323 e. The van der Waals surface area contributed by atoms with Crippen molar-refractivity contribution in [1.29, 1.82) is 0 Å². The fourth-order valence-corrected chi connectivity index (χ4v) is 3.17. The van der Waals surface area contributed by atoms with Crippen LogP contribution in [0.15, 0.2) is 72.8 Å². The summed E-state index contributed by atoms with van der Waals surface area (Å²) >= 11 is 0. The van der Waals surface area contributed by atoms with Gasteiger partial charge in [0, 0.05) is 18.5 Å². The van der Waals surface area contributed by atoms with Crippen LogP contribution < -0.4 is 5.73 Å². The van der Waals surface area contributed by atoms with Crippen molar-refractivity contribution in [2.24, 2.45) is 5.73 Å². The third-order valence-electron chi connectivity index (χ3n) is 4.38. The molecule has 0 aromatic heterocycles. The van der Waals surface area contributed by atoms with Gasteiger partial charge in [-0.25, -0.2) is 0 Å². The topological polar surface area (TPSA) is 29.3 Å². The maximum absolute atomic E-state index is 6.64. The number of hydrogen-bond donors (Lipinski definition) is 1. The molecule has 3 aromatic carbocycles. The molecule has 0 fully saturated rings. The van der Waals surface area contributed by atoms with E-state index in [1.54, 1.807) is 0 Å². The predicted molar refractivity (Wildman–Crippen MR) is 98.6 cm³/mol. The van der Waals surface area contributed by atoms with E-state index in [-0.39, 0.29) is 12.0 Å². The van der Waals surface area contributed by atoms with Crippen LogP contribution in [0.3, 0.4) is 0 Å². The molecule has 118 valence electrons. The number of fused-ring (bicyclic) bond motifs is 1. The fourth-order valence-electron chi connectivity index (χ4n) is 3.17. The van der Waals surface area contributed by atoms with Gasteiger partial charge < -0.3 is 10.6 Å². The fraction of sp³-hybridized carbons (Fsp3) is 0.238. The molecule has 2 unspecified atom stereocenters. The molecule has 0 aliphatic carbocycles. The summed E-state index contributed by atoms with van der Waals surface area (Å²) in [5.41, 5.74) is 9.12. The van der Waals surface area contributed by atoms with Gasteiger partial charge in [0.2, 0.25) is 0 Å². The van der Waals surface area contributed by atoms with Crippen molar-refractivity contribution in [3.8, 4) is 0 Å². The summed E-state index contributed by atoms with van der Waals surface area (Å²) in [5.74, 6) is 0.261. The lowest BCUT2D eigenvalue weighted by molar-refractivity contribution is 0.347. The molecule has 0 amide bonds. The number of benzene rings is 3. The van der Waals surface area contributed by atoms with Crippen LogP contribution in [0, 0.1) is 0 Å². The molecule has 2 atom stereocenters. The van der Waals surface area contributed by atoms with E-state index < -0.39 is 0 Å². The second-order valence-electron chi connectivity index (χ2n) is 6.41. The number of nitrogens with two attached hydrogens (primary N) is 1. The van der Waals surface area contributed by atoms with Gasteiger partial charge in [-0.3, -0.25) is 0 Å². The molecule has 2 N–H and O–H groups in total. The minimum atomic E-state index is -0.0141. The molecule has 0 heterocycles. The van der Waals surface area contributed by atoms with Crippen molar-refractivity contribution in [3.63, 3.8) is 0 Å². The van der Waals surface area contributed by atoms with Gasteiger partial charge >= 0.3 is 0 Å². The molecular formula is C21H24N2. The summed E-state index contributed by atoms with van der Waals surface area (Å²) in [4.78, 5) is 2.21. The lowest BCUT2D eigenvalue weighted by Gasteiger charge is -2.28. The average Bonchev–Trinajstić information content (AvgIpc) is 2.59. The summed E-state index contributed by atoms with van der Waals surface area (Å²) in [7, 11) is 4.21. The van der Waals surface area contributed by atoms with Crippen LogP contribution in [0.1, 0.15) is 23.1 Å². The third kappa shape index (κ3) is 3.61. The van der Waals surface area contributed by atoms with E-state index in [0.717, 1.165) is 6.54 Å². The zero-order valence-corrected chi connectivity index (χ0v) is 13.8. The molecule has 0 aliphatic heterocycles. The van der Waals surface area contributed by atoms with Crippen molar-refractivity contribution >= 4 is 10.8 Å². The highest BCUT2D eigenvalue weighted by Gasteiger charge is 2.22. The Hall–Kier alpha value is -2.16. The Balaban J connectivity index is 2.00. The summed E-state index contributed by atoms with van der Waals surface area (Å²) in [5, 5.41) is 2.54. The summed E-state index contributed by atoms with van der Waals surface area (Å²) in [6.07, 6.45) is 0. The Labute approximate surface area is 138 Å². The highest BCUT2D eigenvalue weighted by molar-refractivity contribution is 5.83. The Morgan fingerprint density at radius 3 is 2.13 bits per heavy atom. The first-order chi connectivity index (χ1) is 11.1. The van der Waals surface area contributed by atoms with Gasteiger partial charge in [-0.2, -0.15) is 0 Å². The Morgan fingerprint density at radius 2 is 1.43 bits per heavy atom. The summed E-state index contributed by atoms with van der Waals surface area (Å²) in [6, 6.07) is 25.6. The zero-order valence-electron chi connectivity index (χ0n) is 13.8. The number of rotatable bonds is 5. The maximum atomic E-state index is 6.64. The molecule has 2 heteroatoms. The van der Waals surface area contributed by atoms with E-state index in [4.69, 9.17) is 5.73 Å².